The van der Waals surface area contributed by atoms with Gasteiger partial charge in [-0.25, -0.2) is 16.8 Å². The fourth-order valence-corrected chi connectivity index (χ4v) is 7.27. The number of rotatable bonds is 4. The van der Waals surface area contributed by atoms with Gasteiger partial charge in [0.2, 0.25) is 0 Å². The lowest BCUT2D eigenvalue weighted by Gasteiger charge is -2.32. The Hall–Kier alpha value is -1.90. The summed E-state index contributed by atoms with van der Waals surface area (Å²) < 4.78 is 52.3. The van der Waals surface area contributed by atoms with Crippen LogP contribution in [0.25, 0.3) is 0 Å². The van der Waals surface area contributed by atoms with Crippen molar-refractivity contribution in [2.75, 3.05) is 15.8 Å². The van der Waals surface area contributed by atoms with Crippen molar-refractivity contribution in [1.82, 2.24) is 0 Å². The number of aliphatic hydroxyl groups is 1. The van der Waals surface area contributed by atoms with Crippen LogP contribution in [0.4, 0.5) is 5.69 Å². The smallest absolute Gasteiger partial charge is 0.264 e. The van der Waals surface area contributed by atoms with Gasteiger partial charge < -0.3 is 5.11 Å². The van der Waals surface area contributed by atoms with Crippen LogP contribution in [-0.2, 0) is 19.9 Å². The number of sulfone groups is 1. The normalized spacial score (nSPS) is 21.9. The third-order valence-electron chi connectivity index (χ3n) is 4.93. The molecule has 27 heavy (non-hydrogen) atoms. The number of sulfonamides is 1. The highest BCUT2D eigenvalue weighted by Gasteiger charge is 2.45. The maximum absolute atomic E-state index is 13.6. The standard InChI is InChI=1S/C19H23NO5S2/c1-13-9-15(3)19(10-14(13)2)27(24,25)20(16-7-5-4-6-8-16)17-11-26(22,23)12-18(17)21/h4-10,17-18,21H,11-12H2,1-3H3/t17-,18-/m1/s1. The Labute approximate surface area is 160 Å². The van der Waals surface area contributed by atoms with Crippen molar-refractivity contribution in [2.45, 2.75) is 37.8 Å². The molecule has 0 amide bonds. The third-order valence-corrected chi connectivity index (χ3v) is 8.63. The molecule has 0 bridgehead atoms. The average molecular weight is 410 g/mol. The number of hydrogen-bond donors (Lipinski definition) is 1. The molecule has 2 atom stereocenters. The second-order valence-corrected chi connectivity index (χ2v) is 11.0. The second kappa shape index (κ2) is 6.92. The minimum absolute atomic E-state index is 0.117. The zero-order chi connectivity index (χ0) is 20.0. The van der Waals surface area contributed by atoms with Gasteiger partial charge in [0.15, 0.2) is 9.84 Å². The van der Waals surface area contributed by atoms with Crippen molar-refractivity contribution in [2.24, 2.45) is 0 Å². The molecule has 1 heterocycles. The topological polar surface area (TPSA) is 91.8 Å². The van der Waals surface area contributed by atoms with Crippen molar-refractivity contribution in [3.63, 3.8) is 0 Å². The van der Waals surface area contributed by atoms with Crippen molar-refractivity contribution < 1.29 is 21.9 Å². The van der Waals surface area contributed by atoms with Crippen LogP contribution in [0.5, 0.6) is 0 Å². The van der Waals surface area contributed by atoms with Gasteiger partial charge in [0.05, 0.1) is 34.2 Å². The van der Waals surface area contributed by atoms with Crippen molar-refractivity contribution in [1.29, 1.82) is 0 Å². The lowest BCUT2D eigenvalue weighted by molar-refractivity contribution is 0.184. The molecule has 2 aromatic rings. The summed E-state index contributed by atoms with van der Waals surface area (Å²) in [5, 5.41) is 10.3. The molecule has 6 nitrogen and oxygen atoms in total. The SMILES string of the molecule is Cc1cc(C)c(S(=O)(=O)N(c2ccccc2)[C@@H]2CS(=O)(=O)C[C@H]2O)cc1C. The van der Waals surface area contributed by atoms with Gasteiger partial charge in [-0.05, 0) is 55.7 Å². The van der Waals surface area contributed by atoms with Gasteiger partial charge in [-0.1, -0.05) is 24.3 Å². The van der Waals surface area contributed by atoms with Gasteiger partial charge in [-0.15, -0.1) is 0 Å². The van der Waals surface area contributed by atoms with Gasteiger partial charge in [0.1, 0.15) is 0 Å². The van der Waals surface area contributed by atoms with Gasteiger partial charge in [-0.3, -0.25) is 4.31 Å². The third kappa shape index (κ3) is 3.74. The summed E-state index contributed by atoms with van der Waals surface area (Å²) in [6.45, 7) is 5.45. The minimum atomic E-state index is -4.08. The maximum Gasteiger partial charge on any atom is 0.264 e. The molecule has 0 aliphatic carbocycles. The first-order valence-electron chi connectivity index (χ1n) is 8.59. The lowest BCUT2D eigenvalue weighted by Crippen LogP contribution is -2.47. The molecule has 8 heteroatoms. The van der Waals surface area contributed by atoms with Crippen LogP contribution in [0.15, 0.2) is 47.4 Å². The molecule has 146 valence electrons. The molecule has 1 saturated heterocycles. The van der Waals surface area contributed by atoms with E-state index in [1.165, 1.54) is 0 Å². The quantitative estimate of drug-likeness (QED) is 0.834. The number of nitrogens with zero attached hydrogens (tertiary/aromatic N) is 1. The fourth-order valence-electron chi connectivity index (χ4n) is 3.44. The van der Waals surface area contributed by atoms with Gasteiger partial charge in [0, 0.05) is 0 Å². The number of aliphatic hydroxyl groups excluding tert-OH is 1. The van der Waals surface area contributed by atoms with Crippen molar-refractivity contribution in [3.8, 4) is 0 Å². The fraction of sp³-hybridized carbons (Fsp3) is 0.368. The highest BCUT2D eigenvalue weighted by Crippen LogP contribution is 2.33. The lowest BCUT2D eigenvalue weighted by atomic mass is 10.1. The first-order valence-corrected chi connectivity index (χ1v) is 11.8. The molecule has 0 aromatic heterocycles. The van der Waals surface area contributed by atoms with Crippen LogP contribution in [-0.4, -0.2) is 45.6 Å². The predicted octanol–water partition coefficient (Wildman–Crippen LogP) is 1.97. The van der Waals surface area contributed by atoms with E-state index in [9.17, 15) is 21.9 Å². The summed E-state index contributed by atoms with van der Waals surface area (Å²) >= 11 is 0. The summed E-state index contributed by atoms with van der Waals surface area (Å²) in [6, 6.07) is 10.7. The molecule has 0 radical (unpaired) electrons. The van der Waals surface area contributed by atoms with Gasteiger partial charge >= 0.3 is 0 Å². The number of anilines is 1. The Bertz CT molecular complexity index is 1060. The van der Waals surface area contributed by atoms with Crippen molar-refractivity contribution >= 4 is 25.5 Å². The summed E-state index contributed by atoms with van der Waals surface area (Å²) in [6.07, 6.45) is -1.28. The van der Waals surface area contributed by atoms with E-state index in [1.807, 2.05) is 13.8 Å². The van der Waals surface area contributed by atoms with E-state index < -0.39 is 43.5 Å². The van der Waals surface area contributed by atoms with E-state index in [0.717, 1.165) is 15.4 Å². The van der Waals surface area contributed by atoms with Crippen LogP contribution in [0.3, 0.4) is 0 Å². The molecular formula is C19H23NO5S2. The second-order valence-electron chi connectivity index (χ2n) is 7.05. The Morgan fingerprint density at radius 3 is 2.11 bits per heavy atom. The van der Waals surface area contributed by atoms with Crippen LogP contribution in [0.2, 0.25) is 0 Å². The molecule has 1 aliphatic heterocycles. The van der Waals surface area contributed by atoms with Gasteiger partial charge in [-0.2, -0.15) is 0 Å². The molecule has 2 aromatic carbocycles. The number of hydrogen-bond acceptors (Lipinski definition) is 5. The zero-order valence-electron chi connectivity index (χ0n) is 15.5. The first kappa shape index (κ1) is 19.9. The van der Waals surface area contributed by atoms with E-state index in [2.05, 4.69) is 0 Å². The highest BCUT2D eigenvalue weighted by molar-refractivity contribution is 7.93. The molecular weight excluding hydrogens is 386 g/mol. The van der Waals surface area contributed by atoms with E-state index in [-0.39, 0.29) is 4.90 Å². The molecule has 0 saturated carbocycles. The molecule has 0 unspecified atom stereocenters. The zero-order valence-corrected chi connectivity index (χ0v) is 17.1. The maximum atomic E-state index is 13.6. The molecule has 3 rings (SSSR count). The summed E-state index contributed by atoms with van der Waals surface area (Å²) in [4.78, 5) is 0.117. The molecule has 1 N–H and O–H groups in total. The molecule has 1 aliphatic rings. The average Bonchev–Trinajstić information content (AvgIpc) is 2.84. The predicted molar refractivity (Wildman–Crippen MR) is 105 cm³/mol. The van der Waals surface area contributed by atoms with Crippen LogP contribution in [0.1, 0.15) is 16.7 Å². The number of aryl methyl sites for hydroxylation is 3. The van der Waals surface area contributed by atoms with Gasteiger partial charge in [0.25, 0.3) is 10.0 Å². The van der Waals surface area contributed by atoms with Crippen LogP contribution < -0.4 is 4.31 Å². The van der Waals surface area contributed by atoms with E-state index in [1.54, 1.807) is 49.4 Å². The Morgan fingerprint density at radius 2 is 1.56 bits per heavy atom. The largest absolute Gasteiger partial charge is 0.390 e. The first-order chi connectivity index (χ1) is 12.5. The highest BCUT2D eigenvalue weighted by atomic mass is 32.2. The summed E-state index contributed by atoms with van der Waals surface area (Å²) in [7, 11) is -7.60. The monoisotopic (exact) mass is 409 g/mol. The summed E-state index contributed by atoms with van der Waals surface area (Å²) in [5.74, 6) is -0.853. The van der Waals surface area contributed by atoms with E-state index >= 15 is 0 Å². The summed E-state index contributed by atoms with van der Waals surface area (Å²) in [5.41, 5.74) is 2.71. The molecule has 0 spiro atoms. The Balaban J connectivity index is 2.21. The van der Waals surface area contributed by atoms with Crippen LogP contribution >= 0.6 is 0 Å². The number of benzene rings is 2. The minimum Gasteiger partial charge on any atom is -0.390 e. The number of para-hydroxylation sites is 1. The Kier molecular flexibility index (Phi) is 5.09. The van der Waals surface area contributed by atoms with E-state index in [0.29, 0.717) is 11.3 Å². The van der Waals surface area contributed by atoms with Crippen LogP contribution in [0, 0.1) is 20.8 Å². The van der Waals surface area contributed by atoms with E-state index in [4.69, 9.17) is 0 Å². The van der Waals surface area contributed by atoms with Crippen molar-refractivity contribution in [3.05, 3.63) is 59.2 Å². The Morgan fingerprint density at radius 1 is 0.963 bits per heavy atom. The molecule has 1 fully saturated rings.